The fraction of sp³-hybridized carbons (Fsp3) is 1.00. The molecule has 0 bridgehead atoms. The molecule has 0 aromatic rings. The van der Waals surface area contributed by atoms with Crippen LogP contribution in [0.5, 0.6) is 0 Å². The third-order valence-corrected chi connectivity index (χ3v) is 9.15. The van der Waals surface area contributed by atoms with Crippen LogP contribution < -0.4 is 0 Å². The van der Waals surface area contributed by atoms with Gasteiger partial charge in [-0.1, -0.05) is 27.2 Å². The number of hydrogen-bond donors (Lipinski definition) is 2. The average molecular weight is 367 g/mol. The van der Waals surface area contributed by atoms with Gasteiger partial charge in [-0.15, -0.1) is 0 Å². The number of fused-ring (bicyclic) bond motifs is 2. The first-order valence-corrected chi connectivity index (χ1v) is 10.9. The molecule has 0 aromatic carbocycles. The van der Waals surface area contributed by atoms with Crippen molar-refractivity contribution >= 4 is 0 Å². The Morgan fingerprint density at radius 2 is 1.65 bits per heavy atom. The normalized spacial score (nSPS) is 50.9. The third kappa shape index (κ3) is 2.62. The summed E-state index contributed by atoms with van der Waals surface area (Å²) in [4.78, 5) is 0. The highest BCUT2D eigenvalue weighted by Crippen LogP contribution is 2.65. The second-order valence-corrected chi connectivity index (χ2v) is 10.2. The second-order valence-electron chi connectivity index (χ2n) is 10.2. The van der Waals surface area contributed by atoms with Gasteiger partial charge in [0.25, 0.3) is 0 Å². The topological polar surface area (TPSA) is 58.9 Å². The van der Waals surface area contributed by atoms with Gasteiger partial charge in [0.1, 0.15) is 0 Å². The van der Waals surface area contributed by atoms with Crippen LogP contribution in [-0.4, -0.2) is 41.9 Å². The zero-order valence-electron chi connectivity index (χ0n) is 16.9. The van der Waals surface area contributed by atoms with Crippen LogP contribution in [0.25, 0.3) is 0 Å². The summed E-state index contributed by atoms with van der Waals surface area (Å²) >= 11 is 0. The van der Waals surface area contributed by atoms with Gasteiger partial charge in [0, 0.05) is 18.4 Å². The SMILES string of the molecule is C[C@H]1CC[C@](C)([C@H]2CC[C@@]3(C)[C@@H](CCC34OCCO4)[C@@H]2O)[C@@H](CCO)C1. The molecule has 4 rings (SSSR count). The van der Waals surface area contributed by atoms with Gasteiger partial charge in [-0.05, 0) is 67.6 Å². The summed E-state index contributed by atoms with van der Waals surface area (Å²) in [6.07, 6.45) is 8.28. The van der Waals surface area contributed by atoms with Crippen LogP contribution in [0.4, 0.5) is 0 Å². The van der Waals surface area contributed by atoms with Crippen molar-refractivity contribution in [2.24, 2.45) is 34.5 Å². The minimum Gasteiger partial charge on any atom is -0.396 e. The predicted octanol–water partition coefficient (Wildman–Crippen LogP) is 3.74. The third-order valence-electron chi connectivity index (χ3n) is 9.15. The Morgan fingerprint density at radius 1 is 0.962 bits per heavy atom. The summed E-state index contributed by atoms with van der Waals surface area (Å²) < 4.78 is 12.3. The number of hydrogen-bond acceptors (Lipinski definition) is 4. The van der Waals surface area contributed by atoms with E-state index in [2.05, 4.69) is 20.8 Å². The van der Waals surface area contributed by atoms with Crippen molar-refractivity contribution in [1.82, 2.24) is 0 Å². The summed E-state index contributed by atoms with van der Waals surface area (Å²) in [5.74, 6) is 1.41. The molecule has 0 aromatic heterocycles. The lowest BCUT2D eigenvalue weighted by atomic mass is 9.50. The van der Waals surface area contributed by atoms with Crippen LogP contribution in [0.2, 0.25) is 0 Å². The lowest BCUT2D eigenvalue weighted by Crippen LogP contribution is -2.57. The van der Waals surface area contributed by atoms with Crippen LogP contribution in [0.15, 0.2) is 0 Å². The van der Waals surface area contributed by atoms with Crippen molar-refractivity contribution in [2.45, 2.75) is 84.0 Å². The van der Waals surface area contributed by atoms with Crippen molar-refractivity contribution in [1.29, 1.82) is 0 Å². The molecule has 4 nitrogen and oxygen atoms in total. The van der Waals surface area contributed by atoms with Gasteiger partial charge in [0.05, 0.1) is 19.3 Å². The molecule has 4 aliphatic rings. The Kier molecular flexibility index (Phi) is 4.95. The van der Waals surface area contributed by atoms with E-state index in [1.54, 1.807) is 0 Å². The van der Waals surface area contributed by atoms with E-state index in [1.165, 1.54) is 19.3 Å². The molecule has 1 spiro atoms. The molecule has 1 heterocycles. The lowest BCUT2D eigenvalue weighted by Gasteiger charge is -2.57. The highest BCUT2D eigenvalue weighted by atomic mass is 16.7. The fourth-order valence-electron chi connectivity index (χ4n) is 7.44. The van der Waals surface area contributed by atoms with Gasteiger partial charge in [-0.25, -0.2) is 0 Å². The number of ether oxygens (including phenoxy) is 2. The molecule has 4 heteroatoms. The minimum absolute atomic E-state index is 0.0653. The first-order valence-electron chi connectivity index (χ1n) is 10.9. The maximum absolute atomic E-state index is 11.5. The number of rotatable bonds is 3. The predicted molar refractivity (Wildman–Crippen MR) is 101 cm³/mol. The van der Waals surface area contributed by atoms with E-state index in [4.69, 9.17) is 9.47 Å². The highest BCUT2D eigenvalue weighted by molar-refractivity contribution is 5.11. The van der Waals surface area contributed by atoms with Gasteiger partial charge >= 0.3 is 0 Å². The van der Waals surface area contributed by atoms with E-state index >= 15 is 0 Å². The molecule has 0 unspecified atom stereocenters. The van der Waals surface area contributed by atoms with Crippen LogP contribution in [0.3, 0.4) is 0 Å². The monoisotopic (exact) mass is 366 g/mol. The molecule has 0 radical (unpaired) electrons. The molecular weight excluding hydrogens is 328 g/mol. The quantitative estimate of drug-likeness (QED) is 0.799. The molecule has 26 heavy (non-hydrogen) atoms. The minimum atomic E-state index is -0.448. The first-order chi connectivity index (χ1) is 12.4. The van der Waals surface area contributed by atoms with Gasteiger partial charge in [-0.3, -0.25) is 0 Å². The first kappa shape index (κ1) is 19.2. The highest BCUT2D eigenvalue weighted by Gasteiger charge is 2.66. The van der Waals surface area contributed by atoms with E-state index in [1.807, 2.05) is 0 Å². The Bertz CT molecular complexity index is 516. The van der Waals surface area contributed by atoms with Crippen LogP contribution >= 0.6 is 0 Å². The maximum atomic E-state index is 11.5. The van der Waals surface area contributed by atoms with Gasteiger partial charge in [0.2, 0.25) is 0 Å². The van der Waals surface area contributed by atoms with Gasteiger partial charge < -0.3 is 19.7 Å². The van der Waals surface area contributed by atoms with Crippen molar-refractivity contribution in [2.75, 3.05) is 19.8 Å². The molecule has 7 atom stereocenters. The molecule has 1 saturated heterocycles. The summed E-state index contributed by atoms with van der Waals surface area (Å²) in [6.45, 7) is 8.69. The average Bonchev–Trinajstić information content (AvgIpc) is 3.19. The molecule has 3 aliphatic carbocycles. The van der Waals surface area contributed by atoms with Crippen LogP contribution in [-0.2, 0) is 9.47 Å². The lowest BCUT2D eigenvalue weighted by molar-refractivity contribution is -0.250. The maximum Gasteiger partial charge on any atom is 0.174 e. The van der Waals surface area contributed by atoms with E-state index in [0.717, 1.165) is 38.0 Å². The molecule has 3 saturated carbocycles. The molecule has 1 aliphatic heterocycles. The van der Waals surface area contributed by atoms with Crippen molar-refractivity contribution in [3.05, 3.63) is 0 Å². The fourth-order valence-corrected chi connectivity index (χ4v) is 7.44. The second kappa shape index (κ2) is 6.72. The van der Waals surface area contributed by atoms with E-state index in [0.29, 0.717) is 25.0 Å². The number of aliphatic hydroxyl groups is 2. The van der Waals surface area contributed by atoms with Crippen LogP contribution in [0, 0.1) is 34.5 Å². The zero-order chi connectivity index (χ0) is 18.6. The standard InChI is InChI=1S/C22H38O4/c1-15-4-8-20(2,16(14-15)7-11-23)17-5-9-21(3)18(19(17)24)6-10-22(21)25-12-13-26-22/h15-19,23-24H,4-14H2,1-3H3/t15-,16-,17-,18-,19+,20-,21-/m0/s1. The van der Waals surface area contributed by atoms with E-state index in [-0.39, 0.29) is 29.5 Å². The summed E-state index contributed by atoms with van der Waals surface area (Å²) in [5.41, 5.74) is 0.0767. The molecule has 2 N–H and O–H groups in total. The molecule has 150 valence electrons. The molecular formula is C22H38O4. The van der Waals surface area contributed by atoms with Gasteiger partial charge in [-0.2, -0.15) is 0 Å². The van der Waals surface area contributed by atoms with Crippen molar-refractivity contribution in [3.63, 3.8) is 0 Å². The Hall–Kier alpha value is -0.160. The Labute approximate surface area is 158 Å². The Morgan fingerprint density at radius 3 is 2.35 bits per heavy atom. The van der Waals surface area contributed by atoms with Crippen molar-refractivity contribution < 1.29 is 19.7 Å². The summed E-state index contributed by atoms with van der Waals surface area (Å²) in [7, 11) is 0. The Balaban J connectivity index is 1.58. The zero-order valence-corrected chi connectivity index (χ0v) is 16.9. The van der Waals surface area contributed by atoms with Gasteiger partial charge in [0.15, 0.2) is 5.79 Å². The summed E-state index contributed by atoms with van der Waals surface area (Å²) in [5, 5.41) is 21.2. The van der Waals surface area contributed by atoms with Crippen LogP contribution in [0.1, 0.15) is 72.1 Å². The molecule has 4 fully saturated rings. The smallest absolute Gasteiger partial charge is 0.174 e. The number of aliphatic hydroxyl groups excluding tert-OH is 2. The van der Waals surface area contributed by atoms with E-state index in [9.17, 15) is 10.2 Å². The largest absolute Gasteiger partial charge is 0.396 e. The summed E-state index contributed by atoms with van der Waals surface area (Å²) in [6, 6.07) is 0. The molecule has 0 amide bonds. The van der Waals surface area contributed by atoms with Crippen molar-refractivity contribution in [3.8, 4) is 0 Å². The van der Waals surface area contributed by atoms with E-state index < -0.39 is 5.79 Å².